The predicted octanol–water partition coefficient (Wildman–Crippen LogP) is 2.16. The molecule has 0 amide bonds. The lowest BCUT2D eigenvalue weighted by molar-refractivity contribution is 0.938. The van der Waals surface area contributed by atoms with Crippen LogP contribution in [0.25, 0.3) is 10.2 Å². The van der Waals surface area contributed by atoms with Crippen LogP contribution in [0.3, 0.4) is 0 Å². The summed E-state index contributed by atoms with van der Waals surface area (Å²) in [6.07, 6.45) is 1.02. The molecule has 1 aromatic carbocycles. The van der Waals surface area contributed by atoms with E-state index >= 15 is 0 Å². The van der Waals surface area contributed by atoms with Crippen molar-refractivity contribution in [2.24, 2.45) is 7.05 Å². The van der Waals surface area contributed by atoms with E-state index in [0.717, 1.165) is 16.6 Å². The predicted molar refractivity (Wildman–Crippen MR) is 56.4 cm³/mol. The van der Waals surface area contributed by atoms with Crippen molar-refractivity contribution in [1.82, 2.24) is 4.57 Å². The van der Waals surface area contributed by atoms with Crippen LogP contribution in [0.1, 0.15) is 12.5 Å². The Balaban J connectivity index is 2.80. The number of thiazole rings is 1. The third-order valence-electron chi connectivity index (χ3n) is 2.26. The molecule has 0 saturated carbocycles. The highest BCUT2D eigenvalue weighted by atomic mass is 32.1. The first-order valence-electron chi connectivity index (χ1n) is 4.31. The van der Waals surface area contributed by atoms with E-state index in [1.165, 1.54) is 16.9 Å². The molecule has 0 aliphatic rings. The van der Waals surface area contributed by atoms with E-state index in [1.54, 1.807) is 4.57 Å². The van der Waals surface area contributed by atoms with Gasteiger partial charge in [0.2, 0.25) is 0 Å². The summed E-state index contributed by atoms with van der Waals surface area (Å²) in [4.78, 5) is 11.4. The SMILES string of the molecule is CCc1ccc2c(c1)sc(=O)n2C. The van der Waals surface area contributed by atoms with Crippen molar-refractivity contribution in [1.29, 1.82) is 0 Å². The highest BCUT2D eigenvalue weighted by Gasteiger charge is 2.03. The van der Waals surface area contributed by atoms with Crippen LogP contribution in [-0.2, 0) is 13.5 Å². The molecule has 2 nitrogen and oxygen atoms in total. The first-order chi connectivity index (χ1) is 6.22. The molecule has 0 atom stereocenters. The number of benzene rings is 1. The van der Waals surface area contributed by atoms with Crippen molar-refractivity contribution < 1.29 is 0 Å². The lowest BCUT2D eigenvalue weighted by Gasteiger charge is -1.96. The standard InChI is InChI=1S/C10H11NOS/c1-3-7-4-5-8-9(6-7)13-10(12)11(8)2/h4-6H,3H2,1-2H3. The molecule has 0 bridgehead atoms. The van der Waals surface area contributed by atoms with Gasteiger partial charge in [-0.2, -0.15) is 0 Å². The average molecular weight is 193 g/mol. The third-order valence-corrected chi connectivity index (χ3v) is 3.26. The topological polar surface area (TPSA) is 22.0 Å². The van der Waals surface area contributed by atoms with E-state index in [1.807, 2.05) is 13.1 Å². The fourth-order valence-corrected chi connectivity index (χ4v) is 2.34. The average Bonchev–Trinajstić information content (AvgIpc) is 2.42. The molecule has 13 heavy (non-hydrogen) atoms. The summed E-state index contributed by atoms with van der Waals surface area (Å²) < 4.78 is 2.78. The molecule has 3 heteroatoms. The van der Waals surface area contributed by atoms with Gasteiger partial charge in [-0.3, -0.25) is 4.79 Å². The number of aryl methyl sites for hydroxylation is 2. The van der Waals surface area contributed by atoms with Crippen molar-refractivity contribution in [3.8, 4) is 0 Å². The van der Waals surface area contributed by atoms with E-state index < -0.39 is 0 Å². The quantitative estimate of drug-likeness (QED) is 0.680. The second-order valence-corrected chi connectivity index (χ2v) is 4.08. The molecular formula is C10H11NOS. The highest BCUT2D eigenvalue weighted by molar-refractivity contribution is 7.16. The Morgan fingerprint density at radius 1 is 1.46 bits per heavy atom. The van der Waals surface area contributed by atoms with Gasteiger partial charge in [-0.1, -0.05) is 24.3 Å². The Morgan fingerprint density at radius 3 is 2.92 bits per heavy atom. The summed E-state index contributed by atoms with van der Waals surface area (Å²) in [6.45, 7) is 2.12. The zero-order valence-corrected chi connectivity index (χ0v) is 8.52. The number of fused-ring (bicyclic) bond motifs is 1. The van der Waals surface area contributed by atoms with Gasteiger partial charge in [0.1, 0.15) is 0 Å². The van der Waals surface area contributed by atoms with Gasteiger partial charge in [0.25, 0.3) is 0 Å². The van der Waals surface area contributed by atoms with Crippen LogP contribution >= 0.6 is 11.3 Å². The van der Waals surface area contributed by atoms with Gasteiger partial charge in [0.05, 0.1) is 10.2 Å². The van der Waals surface area contributed by atoms with E-state index in [-0.39, 0.29) is 4.87 Å². The number of rotatable bonds is 1. The number of hydrogen-bond donors (Lipinski definition) is 0. The monoisotopic (exact) mass is 193 g/mol. The Labute approximate surface area is 80.4 Å². The number of nitrogens with zero attached hydrogens (tertiary/aromatic N) is 1. The molecule has 0 aliphatic carbocycles. The maximum absolute atomic E-state index is 11.3. The van der Waals surface area contributed by atoms with Crippen LogP contribution in [0, 0.1) is 0 Å². The molecule has 0 saturated heterocycles. The minimum atomic E-state index is 0.114. The first-order valence-corrected chi connectivity index (χ1v) is 5.12. The molecule has 68 valence electrons. The van der Waals surface area contributed by atoms with Crippen molar-refractivity contribution in [3.63, 3.8) is 0 Å². The number of aromatic nitrogens is 1. The Kier molecular flexibility index (Phi) is 1.96. The molecule has 2 rings (SSSR count). The summed E-state index contributed by atoms with van der Waals surface area (Å²) in [5.74, 6) is 0. The fraction of sp³-hybridized carbons (Fsp3) is 0.300. The number of hydrogen-bond acceptors (Lipinski definition) is 2. The lowest BCUT2D eigenvalue weighted by atomic mass is 10.2. The van der Waals surface area contributed by atoms with Gasteiger partial charge in [0.15, 0.2) is 0 Å². The van der Waals surface area contributed by atoms with Gasteiger partial charge in [-0.15, -0.1) is 0 Å². The van der Waals surface area contributed by atoms with Gasteiger partial charge < -0.3 is 4.57 Å². The van der Waals surface area contributed by atoms with Crippen LogP contribution < -0.4 is 4.87 Å². The van der Waals surface area contributed by atoms with Crippen LogP contribution in [0.4, 0.5) is 0 Å². The van der Waals surface area contributed by atoms with Crippen molar-refractivity contribution in [2.45, 2.75) is 13.3 Å². The summed E-state index contributed by atoms with van der Waals surface area (Å²) in [6, 6.07) is 6.20. The van der Waals surface area contributed by atoms with Gasteiger partial charge in [-0.05, 0) is 24.1 Å². The molecule has 0 N–H and O–H groups in total. The molecule has 0 unspecified atom stereocenters. The molecular weight excluding hydrogens is 182 g/mol. The van der Waals surface area contributed by atoms with E-state index in [4.69, 9.17) is 0 Å². The van der Waals surface area contributed by atoms with E-state index in [2.05, 4.69) is 19.1 Å². The van der Waals surface area contributed by atoms with Crippen LogP contribution in [-0.4, -0.2) is 4.57 Å². The van der Waals surface area contributed by atoms with Crippen LogP contribution in [0.5, 0.6) is 0 Å². The summed E-state index contributed by atoms with van der Waals surface area (Å²) >= 11 is 1.32. The second kappa shape index (κ2) is 3.00. The van der Waals surface area contributed by atoms with Crippen molar-refractivity contribution in [2.75, 3.05) is 0 Å². The Morgan fingerprint density at radius 2 is 2.23 bits per heavy atom. The molecule has 2 aromatic rings. The Hall–Kier alpha value is -1.09. The van der Waals surface area contributed by atoms with Crippen LogP contribution in [0.2, 0.25) is 0 Å². The normalized spacial score (nSPS) is 10.9. The second-order valence-electron chi connectivity index (χ2n) is 3.08. The maximum atomic E-state index is 11.3. The zero-order valence-electron chi connectivity index (χ0n) is 7.70. The molecule has 1 heterocycles. The van der Waals surface area contributed by atoms with Crippen molar-refractivity contribution in [3.05, 3.63) is 33.4 Å². The largest absolute Gasteiger partial charge is 0.307 e. The maximum Gasteiger partial charge on any atom is 0.307 e. The first kappa shape index (κ1) is 8.51. The van der Waals surface area contributed by atoms with Crippen molar-refractivity contribution >= 4 is 21.6 Å². The fourth-order valence-electron chi connectivity index (χ4n) is 1.40. The molecule has 0 aliphatic heterocycles. The van der Waals surface area contributed by atoms with E-state index in [0.29, 0.717) is 0 Å². The third kappa shape index (κ3) is 1.29. The van der Waals surface area contributed by atoms with Gasteiger partial charge in [-0.25, -0.2) is 0 Å². The van der Waals surface area contributed by atoms with Gasteiger partial charge >= 0.3 is 4.87 Å². The summed E-state index contributed by atoms with van der Waals surface area (Å²) in [5.41, 5.74) is 2.32. The highest BCUT2D eigenvalue weighted by Crippen LogP contribution is 2.18. The lowest BCUT2D eigenvalue weighted by Crippen LogP contribution is -2.06. The van der Waals surface area contributed by atoms with E-state index in [9.17, 15) is 4.79 Å². The molecule has 0 fully saturated rings. The minimum absolute atomic E-state index is 0.114. The Bertz CT molecular complexity index is 495. The summed E-state index contributed by atoms with van der Waals surface area (Å²) in [5, 5.41) is 0. The van der Waals surface area contributed by atoms with Gasteiger partial charge in [0, 0.05) is 7.05 Å². The minimum Gasteiger partial charge on any atom is -0.302 e. The molecule has 0 radical (unpaired) electrons. The zero-order chi connectivity index (χ0) is 9.42. The van der Waals surface area contributed by atoms with Crippen LogP contribution in [0.15, 0.2) is 23.0 Å². The molecule has 0 spiro atoms. The smallest absolute Gasteiger partial charge is 0.302 e. The summed E-state index contributed by atoms with van der Waals surface area (Å²) in [7, 11) is 1.81. The molecule has 1 aromatic heterocycles.